The number of nitrogens with zero attached hydrogens (tertiary/aromatic N) is 1. The topological polar surface area (TPSA) is 15.3 Å². The summed E-state index contributed by atoms with van der Waals surface area (Å²) in [5.74, 6) is 0.798. The third kappa shape index (κ3) is 4.55. The standard InChI is InChI=1S/C19H30N2/c1-21-14-17(12-16-8-4-2-5-9-16)13-19(15-21)20-18-10-6-3-7-11-18/h2,4-5,8-9,17-20H,3,6-7,10-15H2,1H3. The molecule has 2 unspecified atom stereocenters. The number of piperidine rings is 1. The Kier molecular flexibility index (Phi) is 5.32. The van der Waals surface area contributed by atoms with Gasteiger partial charge in [0.2, 0.25) is 0 Å². The molecule has 116 valence electrons. The molecule has 2 nitrogen and oxygen atoms in total. The Balaban J connectivity index is 1.53. The molecule has 0 spiro atoms. The van der Waals surface area contributed by atoms with Crippen LogP contribution in [0.5, 0.6) is 0 Å². The molecule has 1 aromatic rings. The van der Waals surface area contributed by atoms with E-state index in [1.54, 1.807) is 0 Å². The highest BCUT2D eigenvalue weighted by molar-refractivity contribution is 5.15. The van der Waals surface area contributed by atoms with Crippen molar-refractivity contribution in [1.82, 2.24) is 10.2 Å². The van der Waals surface area contributed by atoms with Gasteiger partial charge in [-0.25, -0.2) is 0 Å². The van der Waals surface area contributed by atoms with Gasteiger partial charge in [0.1, 0.15) is 0 Å². The van der Waals surface area contributed by atoms with Gasteiger partial charge in [-0.1, -0.05) is 49.6 Å². The van der Waals surface area contributed by atoms with Gasteiger partial charge in [-0.05, 0) is 44.2 Å². The van der Waals surface area contributed by atoms with Crippen molar-refractivity contribution < 1.29 is 0 Å². The van der Waals surface area contributed by atoms with E-state index in [0.717, 1.165) is 12.0 Å². The molecular weight excluding hydrogens is 256 g/mol. The van der Waals surface area contributed by atoms with Gasteiger partial charge >= 0.3 is 0 Å². The van der Waals surface area contributed by atoms with Crippen molar-refractivity contribution in [3.8, 4) is 0 Å². The monoisotopic (exact) mass is 286 g/mol. The van der Waals surface area contributed by atoms with Gasteiger partial charge in [-0.3, -0.25) is 0 Å². The SMILES string of the molecule is CN1CC(Cc2ccccc2)CC(NC2CCCCC2)C1. The summed E-state index contributed by atoms with van der Waals surface area (Å²) < 4.78 is 0. The molecule has 21 heavy (non-hydrogen) atoms. The lowest BCUT2D eigenvalue weighted by Crippen LogP contribution is -2.51. The Morgan fingerprint density at radius 3 is 2.52 bits per heavy atom. The van der Waals surface area contributed by atoms with Crippen LogP contribution < -0.4 is 5.32 Å². The zero-order valence-electron chi connectivity index (χ0n) is 13.4. The van der Waals surface area contributed by atoms with Crippen molar-refractivity contribution in [3.63, 3.8) is 0 Å². The minimum absolute atomic E-state index is 0.695. The second kappa shape index (κ2) is 7.42. The molecule has 1 aromatic carbocycles. The van der Waals surface area contributed by atoms with Gasteiger partial charge in [0, 0.05) is 25.2 Å². The first kappa shape index (κ1) is 15.1. The first-order chi connectivity index (χ1) is 10.3. The summed E-state index contributed by atoms with van der Waals surface area (Å²) in [6.07, 6.45) is 9.65. The largest absolute Gasteiger partial charge is 0.310 e. The molecule has 0 bridgehead atoms. The summed E-state index contributed by atoms with van der Waals surface area (Å²) in [5.41, 5.74) is 1.49. The van der Waals surface area contributed by atoms with E-state index in [2.05, 4.69) is 47.6 Å². The Morgan fingerprint density at radius 2 is 1.76 bits per heavy atom. The highest BCUT2D eigenvalue weighted by atomic mass is 15.1. The molecule has 3 rings (SSSR count). The van der Waals surface area contributed by atoms with Crippen molar-refractivity contribution in [2.24, 2.45) is 5.92 Å². The van der Waals surface area contributed by atoms with E-state index in [9.17, 15) is 0 Å². The molecule has 0 radical (unpaired) electrons. The smallest absolute Gasteiger partial charge is 0.0200 e. The number of hydrogen-bond acceptors (Lipinski definition) is 2. The number of hydrogen-bond donors (Lipinski definition) is 1. The van der Waals surface area contributed by atoms with Gasteiger partial charge in [0.05, 0.1) is 0 Å². The molecule has 0 amide bonds. The Morgan fingerprint density at radius 1 is 1.00 bits per heavy atom. The Labute approximate surface area is 129 Å². The predicted octanol–water partition coefficient (Wildman–Crippen LogP) is 3.47. The molecule has 1 saturated carbocycles. The minimum atomic E-state index is 0.695. The molecule has 1 saturated heterocycles. The quantitative estimate of drug-likeness (QED) is 0.911. The number of likely N-dealkylation sites (N-methyl/N-ethyl adjacent to an activating group) is 1. The summed E-state index contributed by atoms with van der Waals surface area (Å²) in [4.78, 5) is 2.53. The Hall–Kier alpha value is -0.860. The van der Waals surface area contributed by atoms with Crippen molar-refractivity contribution in [1.29, 1.82) is 0 Å². The van der Waals surface area contributed by atoms with E-state index >= 15 is 0 Å². The summed E-state index contributed by atoms with van der Waals surface area (Å²) in [6.45, 7) is 2.47. The molecule has 1 heterocycles. The van der Waals surface area contributed by atoms with Crippen molar-refractivity contribution in [3.05, 3.63) is 35.9 Å². The van der Waals surface area contributed by atoms with E-state index in [1.807, 2.05) is 0 Å². The lowest BCUT2D eigenvalue weighted by atomic mass is 9.87. The van der Waals surface area contributed by atoms with E-state index in [-0.39, 0.29) is 0 Å². The fourth-order valence-electron chi connectivity index (χ4n) is 4.26. The molecule has 1 aliphatic heterocycles. The molecule has 2 aliphatic rings. The van der Waals surface area contributed by atoms with Gasteiger partial charge in [0.25, 0.3) is 0 Å². The van der Waals surface area contributed by atoms with Gasteiger partial charge in [0.15, 0.2) is 0 Å². The third-order valence-electron chi connectivity index (χ3n) is 5.16. The van der Waals surface area contributed by atoms with Crippen LogP contribution in [0.4, 0.5) is 0 Å². The molecule has 0 aromatic heterocycles. The zero-order valence-corrected chi connectivity index (χ0v) is 13.4. The highest BCUT2D eigenvalue weighted by Crippen LogP contribution is 2.23. The number of nitrogens with one attached hydrogen (secondary N) is 1. The Bertz CT molecular complexity index is 411. The van der Waals surface area contributed by atoms with Gasteiger partial charge in [-0.2, -0.15) is 0 Å². The molecule has 2 atom stereocenters. The highest BCUT2D eigenvalue weighted by Gasteiger charge is 2.27. The minimum Gasteiger partial charge on any atom is -0.310 e. The average molecular weight is 286 g/mol. The molecule has 1 N–H and O–H groups in total. The summed E-state index contributed by atoms with van der Waals surface area (Å²) in [5, 5.41) is 3.96. The van der Waals surface area contributed by atoms with Crippen LogP contribution in [0.15, 0.2) is 30.3 Å². The van der Waals surface area contributed by atoms with Crippen molar-refractivity contribution in [2.75, 3.05) is 20.1 Å². The second-order valence-corrected chi connectivity index (χ2v) is 7.21. The summed E-state index contributed by atoms with van der Waals surface area (Å²) in [7, 11) is 2.28. The van der Waals surface area contributed by atoms with Gasteiger partial charge in [-0.15, -0.1) is 0 Å². The number of benzene rings is 1. The van der Waals surface area contributed by atoms with E-state index in [1.165, 1.54) is 63.6 Å². The van der Waals surface area contributed by atoms with Crippen LogP contribution in [0.1, 0.15) is 44.1 Å². The van der Waals surface area contributed by atoms with Crippen LogP contribution in [-0.2, 0) is 6.42 Å². The third-order valence-corrected chi connectivity index (χ3v) is 5.16. The molecule has 2 fully saturated rings. The first-order valence-corrected chi connectivity index (χ1v) is 8.78. The lowest BCUT2D eigenvalue weighted by molar-refractivity contribution is 0.155. The van der Waals surface area contributed by atoms with Crippen LogP contribution in [0.2, 0.25) is 0 Å². The fourth-order valence-corrected chi connectivity index (χ4v) is 4.26. The zero-order chi connectivity index (χ0) is 14.5. The van der Waals surface area contributed by atoms with Crippen LogP contribution in [0.3, 0.4) is 0 Å². The number of likely N-dealkylation sites (tertiary alicyclic amines) is 1. The molecule has 2 heteroatoms. The fraction of sp³-hybridized carbons (Fsp3) is 0.684. The predicted molar refractivity (Wildman–Crippen MR) is 89.5 cm³/mol. The van der Waals surface area contributed by atoms with E-state index < -0.39 is 0 Å². The van der Waals surface area contributed by atoms with Gasteiger partial charge < -0.3 is 10.2 Å². The molecule has 1 aliphatic carbocycles. The maximum Gasteiger partial charge on any atom is 0.0200 e. The molecular formula is C19H30N2. The van der Waals surface area contributed by atoms with Crippen LogP contribution >= 0.6 is 0 Å². The maximum absolute atomic E-state index is 3.96. The van der Waals surface area contributed by atoms with E-state index in [0.29, 0.717) is 6.04 Å². The van der Waals surface area contributed by atoms with E-state index in [4.69, 9.17) is 0 Å². The lowest BCUT2D eigenvalue weighted by Gasteiger charge is -2.38. The van der Waals surface area contributed by atoms with Crippen molar-refractivity contribution >= 4 is 0 Å². The summed E-state index contributed by atoms with van der Waals surface area (Å²) >= 11 is 0. The normalized spacial score (nSPS) is 28.6. The summed E-state index contributed by atoms with van der Waals surface area (Å²) in [6, 6.07) is 12.5. The average Bonchev–Trinajstić information content (AvgIpc) is 2.48. The second-order valence-electron chi connectivity index (χ2n) is 7.21. The number of rotatable bonds is 4. The van der Waals surface area contributed by atoms with Crippen LogP contribution in [0.25, 0.3) is 0 Å². The van der Waals surface area contributed by atoms with Crippen LogP contribution in [0, 0.1) is 5.92 Å². The maximum atomic E-state index is 3.96. The first-order valence-electron chi connectivity index (χ1n) is 8.78. The van der Waals surface area contributed by atoms with Crippen LogP contribution in [-0.4, -0.2) is 37.1 Å². The van der Waals surface area contributed by atoms with Crippen molar-refractivity contribution in [2.45, 2.75) is 57.0 Å².